The summed E-state index contributed by atoms with van der Waals surface area (Å²) < 4.78 is 18.9. The van der Waals surface area contributed by atoms with Crippen molar-refractivity contribution in [1.82, 2.24) is 15.2 Å². The molecule has 1 aliphatic rings. The van der Waals surface area contributed by atoms with E-state index >= 15 is 0 Å². The molecule has 0 spiro atoms. The van der Waals surface area contributed by atoms with Gasteiger partial charge in [0, 0.05) is 48.7 Å². The number of hydrogen-bond donors (Lipinski definition) is 2. The van der Waals surface area contributed by atoms with E-state index in [1.807, 2.05) is 30.5 Å². The monoisotopic (exact) mass is 409 g/mol. The zero-order valence-electron chi connectivity index (χ0n) is 16.8. The molecule has 0 bridgehead atoms. The number of aromatic nitrogens is 1. The number of amides is 2. The van der Waals surface area contributed by atoms with E-state index in [1.165, 1.54) is 12.1 Å². The summed E-state index contributed by atoms with van der Waals surface area (Å²) in [6, 6.07) is 12.1. The first kappa shape index (κ1) is 19.9. The van der Waals surface area contributed by atoms with Gasteiger partial charge in [0.05, 0.1) is 13.0 Å². The van der Waals surface area contributed by atoms with Crippen LogP contribution in [0.3, 0.4) is 0 Å². The summed E-state index contributed by atoms with van der Waals surface area (Å²) in [7, 11) is 1.59. The first-order valence-corrected chi connectivity index (χ1v) is 9.98. The van der Waals surface area contributed by atoms with Crippen LogP contribution in [0.5, 0.6) is 5.75 Å². The fourth-order valence-electron chi connectivity index (χ4n) is 3.95. The molecule has 1 aliphatic heterocycles. The van der Waals surface area contributed by atoms with E-state index in [4.69, 9.17) is 4.74 Å². The van der Waals surface area contributed by atoms with Gasteiger partial charge in [0.2, 0.25) is 11.8 Å². The van der Waals surface area contributed by atoms with Crippen molar-refractivity contribution in [3.8, 4) is 5.75 Å². The van der Waals surface area contributed by atoms with Gasteiger partial charge in [-0.3, -0.25) is 9.59 Å². The molecule has 6 nitrogen and oxygen atoms in total. The number of rotatable bonds is 7. The van der Waals surface area contributed by atoms with Gasteiger partial charge in [-0.1, -0.05) is 18.2 Å². The summed E-state index contributed by atoms with van der Waals surface area (Å²) >= 11 is 0. The van der Waals surface area contributed by atoms with Crippen LogP contribution in [0.15, 0.2) is 48.7 Å². The van der Waals surface area contributed by atoms with E-state index in [0.717, 1.165) is 27.8 Å². The van der Waals surface area contributed by atoms with Crippen LogP contribution in [0, 0.1) is 11.7 Å². The molecular formula is C23H24FN3O3. The van der Waals surface area contributed by atoms with Gasteiger partial charge in [-0.15, -0.1) is 0 Å². The number of nitrogens with one attached hydrogen (secondary N) is 2. The van der Waals surface area contributed by atoms with Gasteiger partial charge in [-0.05, 0) is 36.2 Å². The second kappa shape index (κ2) is 8.57. The van der Waals surface area contributed by atoms with Crippen molar-refractivity contribution in [3.63, 3.8) is 0 Å². The second-order valence-corrected chi connectivity index (χ2v) is 7.52. The van der Waals surface area contributed by atoms with E-state index in [2.05, 4.69) is 10.3 Å². The van der Waals surface area contributed by atoms with E-state index in [0.29, 0.717) is 26.1 Å². The van der Waals surface area contributed by atoms with Gasteiger partial charge in [0.25, 0.3) is 0 Å². The van der Waals surface area contributed by atoms with E-state index < -0.39 is 0 Å². The molecule has 1 aromatic heterocycles. The van der Waals surface area contributed by atoms with Crippen molar-refractivity contribution in [2.45, 2.75) is 19.4 Å². The van der Waals surface area contributed by atoms with Crippen LogP contribution in [0.4, 0.5) is 4.39 Å². The standard InChI is InChI=1S/C23H24FN3O3/c1-30-21-5-3-2-4-16(21)13-26-23(29)17-10-22(28)27(14-17)9-8-15-12-25-20-7-6-18(24)11-19(15)20/h2-7,11-12,17,25H,8-10,13-14H2,1H3,(H,26,29). The highest BCUT2D eigenvalue weighted by atomic mass is 19.1. The topological polar surface area (TPSA) is 74.4 Å². The van der Waals surface area contributed by atoms with Gasteiger partial charge in [-0.25, -0.2) is 4.39 Å². The Morgan fingerprint density at radius 1 is 1.27 bits per heavy atom. The lowest BCUT2D eigenvalue weighted by molar-refractivity contribution is -0.129. The molecule has 156 valence electrons. The number of carbonyl (C=O) groups is 2. The summed E-state index contributed by atoms with van der Waals surface area (Å²) in [4.78, 5) is 29.8. The Bertz CT molecular complexity index is 1080. The minimum atomic E-state index is -0.368. The maximum atomic E-state index is 13.5. The Morgan fingerprint density at radius 3 is 2.93 bits per heavy atom. The molecule has 2 aromatic carbocycles. The number of H-pyrrole nitrogens is 1. The maximum Gasteiger partial charge on any atom is 0.225 e. The lowest BCUT2D eigenvalue weighted by Gasteiger charge is -2.16. The third-order valence-corrected chi connectivity index (χ3v) is 5.61. The maximum absolute atomic E-state index is 13.5. The van der Waals surface area contributed by atoms with Crippen LogP contribution in [0.25, 0.3) is 10.9 Å². The lowest BCUT2D eigenvalue weighted by atomic mass is 10.1. The first-order valence-electron chi connectivity index (χ1n) is 9.98. The smallest absolute Gasteiger partial charge is 0.225 e. The molecule has 7 heteroatoms. The minimum absolute atomic E-state index is 0.0292. The molecule has 3 aromatic rings. The highest BCUT2D eigenvalue weighted by Gasteiger charge is 2.34. The van der Waals surface area contributed by atoms with Crippen LogP contribution in [-0.4, -0.2) is 41.9 Å². The van der Waals surface area contributed by atoms with Crippen LogP contribution in [0.1, 0.15) is 17.5 Å². The molecule has 1 fully saturated rings. The zero-order valence-corrected chi connectivity index (χ0v) is 16.8. The van der Waals surface area contributed by atoms with Crippen LogP contribution in [0.2, 0.25) is 0 Å². The van der Waals surface area contributed by atoms with Crippen molar-refractivity contribution in [1.29, 1.82) is 0 Å². The Kier molecular flexibility index (Phi) is 5.70. The van der Waals surface area contributed by atoms with Crippen LogP contribution >= 0.6 is 0 Å². The fourth-order valence-corrected chi connectivity index (χ4v) is 3.95. The number of aromatic amines is 1. The lowest BCUT2D eigenvalue weighted by Crippen LogP contribution is -2.33. The number of para-hydroxylation sites is 1. The molecule has 4 rings (SSSR count). The number of methoxy groups -OCH3 is 1. The molecule has 0 aliphatic carbocycles. The number of likely N-dealkylation sites (tertiary alicyclic amines) is 1. The van der Waals surface area contributed by atoms with Gasteiger partial charge in [0.15, 0.2) is 0 Å². The molecule has 2 amide bonds. The largest absolute Gasteiger partial charge is 0.496 e. The number of carbonyl (C=O) groups excluding carboxylic acids is 2. The molecule has 0 radical (unpaired) electrons. The van der Waals surface area contributed by atoms with E-state index in [9.17, 15) is 14.0 Å². The number of hydrogen-bond acceptors (Lipinski definition) is 3. The number of ether oxygens (including phenoxy) is 1. The second-order valence-electron chi connectivity index (χ2n) is 7.52. The summed E-state index contributed by atoms with van der Waals surface area (Å²) in [5, 5.41) is 3.74. The van der Waals surface area contributed by atoms with E-state index in [-0.39, 0.29) is 30.0 Å². The van der Waals surface area contributed by atoms with Crippen molar-refractivity contribution >= 4 is 22.7 Å². The van der Waals surface area contributed by atoms with Crippen molar-refractivity contribution < 1.29 is 18.7 Å². The number of halogens is 1. The predicted molar refractivity (Wildman–Crippen MR) is 111 cm³/mol. The normalized spacial score (nSPS) is 16.3. The fraction of sp³-hybridized carbons (Fsp3) is 0.304. The highest BCUT2D eigenvalue weighted by molar-refractivity contribution is 5.89. The SMILES string of the molecule is COc1ccccc1CNC(=O)C1CC(=O)N(CCc2c[nH]c3ccc(F)cc23)C1. The number of benzene rings is 2. The van der Waals surface area contributed by atoms with Gasteiger partial charge >= 0.3 is 0 Å². The van der Waals surface area contributed by atoms with E-state index in [1.54, 1.807) is 18.1 Å². The third kappa shape index (κ3) is 4.15. The van der Waals surface area contributed by atoms with Gasteiger partial charge in [0.1, 0.15) is 11.6 Å². The molecule has 1 unspecified atom stereocenters. The average molecular weight is 409 g/mol. The van der Waals surface area contributed by atoms with Crippen LogP contribution in [-0.2, 0) is 22.6 Å². The number of fused-ring (bicyclic) bond motifs is 1. The Labute approximate surface area is 174 Å². The minimum Gasteiger partial charge on any atom is -0.496 e. The van der Waals surface area contributed by atoms with Gasteiger partial charge < -0.3 is 19.9 Å². The third-order valence-electron chi connectivity index (χ3n) is 5.61. The zero-order chi connectivity index (χ0) is 21.1. The quantitative estimate of drug-likeness (QED) is 0.630. The molecule has 0 saturated carbocycles. The summed E-state index contributed by atoms with van der Waals surface area (Å²) in [5.41, 5.74) is 2.72. The molecule has 30 heavy (non-hydrogen) atoms. The first-order chi connectivity index (χ1) is 14.5. The molecule has 2 N–H and O–H groups in total. The molecule has 1 saturated heterocycles. The Balaban J connectivity index is 1.33. The predicted octanol–water partition coefficient (Wildman–Crippen LogP) is 3.02. The molecule has 2 heterocycles. The summed E-state index contributed by atoms with van der Waals surface area (Å²) in [5.74, 6) is -0.0959. The van der Waals surface area contributed by atoms with Crippen molar-refractivity contribution in [2.24, 2.45) is 5.92 Å². The Morgan fingerprint density at radius 2 is 2.10 bits per heavy atom. The Hall–Kier alpha value is -3.35. The summed E-state index contributed by atoms with van der Waals surface area (Å²) in [6.07, 6.45) is 2.66. The van der Waals surface area contributed by atoms with Crippen molar-refractivity contribution in [2.75, 3.05) is 20.2 Å². The van der Waals surface area contributed by atoms with Crippen LogP contribution < -0.4 is 10.1 Å². The average Bonchev–Trinajstić information content (AvgIpc) is 3.33. The van der Waals surface area contributed by atoms with Crippen molar-refractivity contribution in [3.05, 3.63) is 65.6 Å². The summed E-state index contributed by atoms with van der Waals surface area (Å²) in [6.45, 7) is 1.25. The molecule has 1 atom stereocenters. The number of nitrogens with zero attached hydrogens (tertiary/aromatic N) is 1. The highest BCUT2D eigenvalue weighted by Crippen LogP contribution is 2.23. The van der Waals surface area contributed by atoms with Gasteiger partial charge in [-0.2, -0.15) is 0 Å². The molecular weight excluding hydrogens is 385 g/mol.